The van der Waals surface area contributed by atoms with E-state index in [1.54, 1.807) is 24.5 Å². The van der Waals surface area contributed by atoms with Crippen molar-refractivity contribution in [2.45, 2.75) is 0 Å². The fourth-order valence-electron chi connectivity index (χ4n) is 1.80. The van der Waals surface area contributed by atoms with Gasteiger partial charge in [-0.3, -0.25) is 10.2 Å². The van der Waals surface area contributed by atoms with Crippen LogP contribution in [0.5, 0.6) is 0 Å². The zero-order chi connectivity index (χ0) is 14.7. The van der Waals surface area contributed by atoms with E-state index in [0.29, 0.717) is 11.4 Å². The minimum absolute atomic E-state index is 0.240. The van der Waals surface area contributed by atoms with Crippen LogP contribution in [-0.4, -0.2) is 25.5 Å². The van der Waals surface area contributed by atoms with E-state index < -0.39 is 5.91 Å². The van der Waals surface area contributed by atoms with E-state index in [-0.39, 0.29) is 11.5 Å². The first-order valence-corrected chi connectivity index (χ1v) is 6.11. The summed E-state index contributed by atoms with van der Waals surface area (Å²) in [6.07, 6.45) is 5.91. The molecule has 0 aliphatic rings. The summed E-state index contributed by atoms with van der Waals surface area (Å²) in [5.74, 6) is -0.224. The molecule has 0 bridgehead atoms. The summed E-state index contributed by atoms with van der Waals surface area (Å²) in [4.78, 5) is 23.8. The first kappa shape index (κ1) is 12.9. The SMILES string of the molecule is O=C(Nn1ccnc1-c1ccc(F)cc1)c1ccncn1. The molecule has 0 fully saturated rings. The Morgan fingerprint density at radius 1 is 1.10 bits per heavy atom. The molecule has 0 saturated heterocycles. The molecule has 2 heterocycles. The van der Waals surface area contributed by atoms with Gasteiger partial charge in [-0.2, -0.15) is 0 Å². The second-order valence-electron chi connectivity index (χ2n) is 4.16. The number of carbonyl (C=O) groups excluding carboxylic acids is 1. The van der Waals surface area contributed by atoms with E-state index in [1.165, 1.54) is 35.4 Å². The Bertz CT molecular complexity index is 755. The van der Waals surface area contributed by atoms with Gasteiger partial charge in [-0.15, -0.1) is 0 Å². The van der Waals surface area contributed by atoms with Crippen molar-refractivity contribution in [3.05, 3.63) is 66.8 Å². The van der Waals surface area contributed by atoms with Crippen molar-refractivity contribution >= 4 is 5.91 Å². The molecule has 0 atom stereocenters. The number of imidazole rings is 1. The zero-order valence-electron chi connectivity index (χ0n) is 10.8. The fraction of sp³-hybridized carbons (Fsp3) is 0. The Labute approximate surface area is 119 Å². The molecular formula is C14H10FN5O. The molecule has 104 valence electrons. The van der Waals surface area contributed by atoms with Crippen molar-refractivity contribution in [1.29, 1.82) is 0 Å². The van der Waals surface area contributed by atoms with E-state index in [1.807, 2.05) is 0 Å². The van der Waals surface area contributed by atoms with E-state index in [2.05, 4.69) is 20.4 Å². The molecule has 0 saturated carbocycles. The summed E-state index contributed by atoms with van der Waals surface area (Å²) in [6, 6.07) is 7.35. The van der Waals surface area contributed by atoms with Gasteiger partial charge < -0.3 is 0 Å². The number of hydrogen-bond acceptors (Lipinski definition) is 4. The molecule has 0 aliphatic heterocycles. The Hall–Kier alpha value is -3.09. The largest absolute Gasteiger partial charge is 0.288 e. The van der Waals surface area contributed by atoms with Gasteiger partial charge in [0.15, 0.2) is 5.82 Å². The van der Waals surface area contributed by atoms with Gasteiger partial charge in [-0.1, -0.05) is 0 Å². The third-order valence-electron chi connectivity index (χ3n) is 2.78. The molecule has 3 aromatic rings. The van der Waals surface area contributed by atoms with Crippen LogP contribution in [0.1, 0.15) is 10.5 Å². The number of rotatable bonds is 3. The highest BCUT2D eigenvalue weighted by atomic mass is 19.1. The Morgan fingerprint density at radius 3 is 2.62 bits per heavy atom. The molecule has 0 radical (unpaired) electrons. The summed E-state index contributed by atoms with van der Waals surface area (Å²) in [6.45, 7) is 0. The molecule has 0 unspecified atom stereocenters. The van der Waals surface area contributed by atoms with Crippen molar-refractivity contribution in [1.82, 2.24) is 19.6 Å². The predicted octanol–water partition coefficient (Wildman–Crippen LogP) is 1.86. The summed E-state index contributed by atoms with van der Waals surface area (Å²) < 4.78 is 14.4. The third-order valence-corrected chi connectivity index (χ3v) is 2.78. The van der Waals surface area contributed by atoms with Gasteiger partial charge in [0.05, 0.1) is 0 Å². The zero-order valence-corrected chi connectivity index (χ0v) is 10.8. The maximum Gasteiger partial charge on any atom is 0.288 e. The summed E-state index contributed by atoms with van der Waals surface area (Å²) in [5, 5.41) is 0. The lowest BCUT2D eigenvalue weighted by Crippen LogP contribution is -2.23. The van der Waals surface area contributed by atoms with Crippen LogP contribution in [0.4, 0.5) is 4.39 Å². The second-order valence-corrected chi connectivity index (χ2v) is 4.16. The van der Waals surface area contributed by atoms with Gasteiger partial charge in [-0.05, 0) is 30.3 Å². The Kier molecular flexibility index (Phi) is 3.38. The summed E-state index contributed by atoms with van der Waals surface area (Å²) >= 11 is 0. The number of halogens is 1. The van der Waals surface area contributed by atoms with E-state index >= 15 is 0 Å². The average molecular weight is 283 g/mol. The van der Waals surface area contributed by atoms with Crippen LogP contribution in [0.2, 0.25) is 0 Å². The van der Waals surface area contributed by atoms with Gasteiger partial charge >= 0.3 is 0 Å². The number of nitrogens with one attached hydrogen (secondary N) is 1. The van der Waals surface area contributed by atoms with Gasteiger partial charge in [0, 0.05) is 24.2 Å². The Balaban J connectivity index is 1.86. The number of amides is 1. The number of hydrogen-bond donors (Lipinski definition) is 1. The van der Waals surface area contributed by atoms with E-state index in [9.17, 15) is 9.18 Å². The van der Waals surface area contributed by atoms with Gasteiger partial charge in [0.1, 0.15) is 17.8 Å². The third kappa shape index (κ3) is 2.76. The number of nitrogens with zero attached hydrogens (tertiary/aromatic N) is 4. The highest BCUT2D eigenvalue weighted by Crippen LogP contribution is 2.16. The standard InChI is InChI=1S/C14H10FN5O/c15-11-3-1-10(2-4-11)13-17-7-8-20(13)19-14(21)12-5-6-16-9-18-12/h1-9H,(H,19,21). The first-order chi connectivity index (χ1) is 10.2. The topological polar surface area (TPSA) is 72.7 Å². The van der Waals surface area contributed by atoms with Crippen molar-refractivity contribution < 1.29 is 9.18 Å². The van der Waals surface area contributed by atoms with Crippen LogP contribution in [-0.2, 0) is 0 Å². The molecule has 1 N–H and O–H groups in total. The molecule has 3 rings (SSSR count). The van der Waals surface area contributed by atoms with Crippen LogP contribution in [0.25, 0.3) is 11.4 Å². The minimum atomic E-state index is -0.390. The highest BCUT2D eigenvalue weighted by molar-refractivity contribution is 5.98. The van der Waals surface area contributed by atoms with Gasteiger partial charge in [0.25, 0.3) is 5.91 Å². The number of benzene rings is 1. The summed E-state index contributed by atoms with van der Waals surface area (Å²) in [5.41, 5.74) is 3.58. The predicted molar refractivity (Wildman–Crippen MR) is 73.3 cm³/mol. The molecule has 1 aromatic carbocycles. The molecular weight excluding hydrogens is 273 g/mol. The normalized spacial score (nSPS) is 10.3. The van der Waals surface area contributed by atoms with Crippen LogP contribution in [0.15, 0.2) is 55.2 Å². The number of aromatic nitrogens is 4. The fourth-order valence-corrected chi connectivity index (χ4v) is 1.80. The van der Waals surface area contributed by atoms with Crippen molar-refractivity contribution in [3.63, 3.8) is 0 Å². The van der Waals surface area contributed by atoms with Gasteiger partial charge in [0.2, 0.25) is 0 Å². The van der Waals surface area contributed by atoms with Crippen molar-refractivity contribution in [3.8, 4) is 11.4 Å². The molecule has 1 amide bonds. The van der Waals surface area contributed by atoms with Crippen molar-refractivity contribution in [2.24, 2.45) is 0 Å². The van der Waals surface area contributed by atoms with Crippen molar-refractivity contribution in [2.75, 3.05) is 5.43 Å². The lowest BCUT2D eigenvalue weighted by atomic mass is 10.2. The van der Waals surface area contributed by atoms with Crippen LogP contribution in [0, 0.1) is 5.82 Å². The maximum atomic E-state index is 12.9. The van der Waals surface area contributed by atoms with Crippen LogP contribution < -0.4 is 5.43 Å². The molecule has 0 spiro atoms. The molecule has 7 heteroatoms. The minimum Gasteiger partial charge on any atom is -0.266 e. The lowest BCUT2D eigenvalue weighted by molar-refractivity contribution is 0.100. The van der Waals surface area contributed by atoms with Crippen LogP contribution >= 0.6 is 0 Å². The molecule has 21 heavy (non-hydrogen) atoms. The number of carbonyl (C=O) groups is 1. The van der Waals surface area contributed by atoms with E-state index in [0.717, 1.165) is 0 Å². The smallest absolute Gasteiger partial charge is 0.266 e. The maximum absolute atomic E-state index is 12.9. The Morgan fingerprint density at radius 2 is 1.90 bits per heavy atom. The second kappa shape index (κ2) is 5.49. The van der Waals surface area contributed by atoms with Gasteiger partial charge in [-0.25, -0.2) is 24.0 Å². The van der Waals surface area contributed by atoms with Crippen LogP contribution in [0.3, 0.4) is 0 Å². The quantitative estimate of drug-likeness (QED) is 0.796. The monoisotopic (exact) mass is 283 g/mol. The highest BCUT2D eigenvalue weighted by Gasteiger charge is 2.11. The first-order valence-electron chi connectivity index (χ1n) is 6.11. The molecule has 0 aliphatic carbocycles. The molecule has 2 aromatic heterocycles. The molecule has 6 nitrogen and oxygen atoms in total. The lowest BCUT2D eigenvalue weighted by Gasteiger charge is -2.09. The summed E-state index contributed by atoms with van der Waals surface area (Å²) in [7, 11) is 0. The average Bonchev–Trinajstić information content (AvgIpc) is 2.97. The van der Waals surface area contributed by atoms with E-state index in [4.69, 9.17) is 0 Å².